The Hall–Kier alpha value is -1.06. The van der Waals surface area contributed by atoms with Crippen molar-refractivity contribution in [3.63, 3.8) is 0 Å². The molecule has 0 saturated carbocycles. The summed E-state index contributed by atoms with van der Waals surface area (Å²) in [6.07, 6.45) is 5.37. The first-order valence-corrected chi connectivity index (χ1v) is 6.54. The quantitative estimate of drug-likeness (QED) is 0.841. The smallest absolute Gasteiger partial charge is 0.0305 e. The van der Waals surface area contributed by atoms with Crippen LogP contribution in [0, 0.1) is 0 Å². The molecular weight excluding hydrogens is 216 g/mol. The minimum absolute atomic E-state index is 0.946. The predicted molar refractivity (Wildman–Crippen MR) is 69.7 cm³/mol. The lowest BCUT2D eigenvalue weighted by Gasteiger charge is -2.03. The molecule has 0 amide bonds. The highest BCUT2D eigenvalue weighted by molar-refractivity contribution is 7.10. The van der Waals surface area contributed by atoms with Crippen LogP contribution in [0.3, 0.4) is 0 Å². The summed E-state index contributed by atoms with van der Waals surface area (Å²) in [5.41, 5.74) is 2.82. The van der Waals surface area contributed by atoms with Crippen LogP contribution in [0.15, 0.2) is 29.9 Å². The Bertz CT molecular complexity index is 442. The Morgan fingerprint density at radius 3 is 2.88 bits per heavy atom. The topological polar surface area (TPSA) is 17.0 Å². The molecule has 2 aromatic heterocycles. The number of nitrogens with one attached hydrogen (secondary N) is 1. The summed E-state index contributed by atoms with van der Waals surface area (Å²) in [5.74, 6) is 0. The fourth-order valence-corrected chi connectivity index (χ4v) is 2.77. The summed E-state index contributed by atoms with van der Waals surface area (Å²) < 4.78 is 2.08. The first-order valence-electron chi connectivity index (χ1n) is 5.66. The molecule has 0 unspecified atom stereocenters. The summed E-state index contributed by atoms with van der Waals surface area (Å²) in [6.45, 7) is 4.14. The second-order valence-corrected chi connectivity index (χ2v) is 5.01. The van der Waals surface area contributed by atoms with Crippen LogP contribution in [-0.2, 0) is 26.6 Å². The molecule has 3 heteroatoms. The van der Waals surface area contributed by atoms with E-state index in [0.29, 0.717) is 0 Å². The molecule has 0 aliphatic carbocycles. The number of hydrogen-bond donors (Lipinski definition) is 1. The van der Waals surface area contributed by atoms with E-state index in [9.17, 15) is 0 Å². The van der Waals surface area contributed by atoms with Crippen molar-refractivity contribution in [1.82, 2.24) is 9.88 Å². The average molecular weight is 234 g/mol. The summed E-state index contributed by atoms with van der Waals surface area (Å²) in [5, 5.41) is 5.67. The van der Waals surface area contributed by atoms with Gasteiger partial charge in [0, 0.05) is 37.4 Å². The van der Waals surface area contributed by atoms with Crippen LogP contribution >= 0.6 is 11.3 Å². The van der Waals surface area contributed by atoms with Gasteiger partial charge in [-0.15, -0.1) is 11.3 Å². The van der Waals surface area contributed by atoms with Crippen molar-refractivity contribution in [3.05, 3.63) is 45.9 Å². The van der Waals surface area contributed by atoms with Crippen molar-refractivity contribution in [2.75, 3.05) is 0 Å². The van der Waals surface area contributed by atoms with E-state index in [0.717, 1.165) is 19.5 Å². The first-order chi connectivity index (χ1) is 7.79. The maximum absolute atomic E-state index is 3.49. The number of nitrogens with zero attached hydrogens (tertiary/aromatic N) is 1. The van der Waals surface area contributed by atoms with Crippen LogP contribution < -0.4 is 5.32 Å². The van der Waals surface area contributed by atoms with Crippen LogP contribution in [-0.4, -0.2) is 4.57 Å². The number of aryl methyl sites for hydroxylation is 2. The van der Waals surface area contributed by atoms with Gasteiger partial charge in [-0.3, -0.25) is 0 Å². The van der Waals surface area contributed by atoms with E-state index < -0.39 is 0 Å². The SMILES string of the molecule is CCc1ccsc1CNCc1ccn(C)c1. The van der Waals surface area contributed by atoms with Crippen molar-refractivity contribution < 1.29 is 0 Å². The Morgan fingerprint density at radius 2 is 2.19 bits per heavy atom. The van der Waals surface area contributed by atoms with E-state index in [1.165, 1.54) is 16.0 Å². The minimum Gasteiger partial charge on any atom is -0.357 e. The van der Waals surface area contributed by atoms with Crippen LogP contribution in [0.1, 0.15) is 22.9 Å². The molecule has 2 nitrogen and oxygen atoms in total. The molecule has 0 spiro atoms. The van der Waals surface area contributed by atoms with Gasteiger partial charge < -0.3 is 9.88 Å². The van der Waals surface area contributed by atoms with E-state index in [-0.39, 0.29) is 0 Å². The van der Waals surface area contributed by atoms with Crippen LogP contribution in [0.5, 0.6) is 0 Å². The van der Waals surface area contributed by atoms with Gasteiger partial charge in [-0.05, 0) is 35.1 Å². The molecule has 2 heterocycles. The van der Waals surface area contributed by atoms with Gasteiger partial charge in [0.15, 0.2) is 0 Å². The first kappa shape index (κ1) is 11.4. The second-order valence-electron chi connectivity index (χ2n) is 4.01. The molecule has 0 saturated heterocycles. The van der Waals surface area contributed by atoms with Gasteiger partial charge in [0.2, 0.25) is 0 Å². The molecule has 16 heavy (non-hydrogen) atoms. The Balaban J connectivity index is 1.84. The molecule has 0 aliphatic heterocycles. The van der Waals surface area contributed by atoms with Gasteiger partial charge in [-0.1, -0.05) is 6.92 Å². The van der Waals surface area contributed by atoms with Crippen LogP contribution in [0.4, 0.5) is 0 Å². The average Bonchev–Trinajstić information content (AvgIpc) is 2.87. The maximum Gasteiger partial charge on any atom is 0.0305 e. The van der Waals surface area contributed by atoms with Gasteiger partial charge in [0.25, 0.3) is 0 Å². The number of rotatable bonds is 5. The van der Waals surface area contributed by atoms with E-state index >= 15 is 0 Å². The third kappa shape index (κ3) is 2.74. The van der Waals surface area contributed by atoms with Crippen LogP contribution in [0.2, 0.25) is 0 Å². The summed E-state index contributed by atoms with van der Waals surface area (Å²) in [6, 6.07) is 4.38. The molecule has 0 fully saturated rings. The highest BCUT2D eigenvalue weighted by Gasteiger charge is 2.01. The Morgan fingerprint density at radius 1 is 1.31 bits per heavy atom. The lowest BCUT2D eigenvalue weighted by molar-refractivity contribution is 0.695. The number of thiophene rings is 1. The lowest BCUT2D eigenvalue weighted by atomic mass is 10.2. The van der Waals surface area contributed by atoms with Crippen molar-refractivity contribution in [3.8, 4) is 0 Å². The summed E-state index contributed by atoms with van der Waals surface area (Å²) >= 11 is 1.85. The fraction of sp³-hybridized carbons (Fsp3) is 0.385. The number of hydrogen-bond acceptors (Lipinski definition) is 2. The largest absolute Gasteiger partial charge is 0.357 e. The predicted octanol–water partition coefficient (Wildman–Crippen LogP) is 2.94. The van der Waals surface area contributed by atoms with Gasteiger partial charge in [0.1, 0.15) is 0 Å². The third-order valence-electron chi connectivity index (χ3n) is 2.73. The van der Waals surface area contributed by atoms with Crippen LogP contribution in [0.25, 0.3) is 0 Å². The zero-order valence-electron chi connectivity index (χ0n) is 9.86. The van der Waals surface area contributed by atoms with E-state index in [1.54, 1.807) is 0 Å². The summed E-state index contributed by atoms with van der Waals surface area (Å²) in [7, 11) is 2.05. The molecular formula is C13H18N2S. The molecule has 0 aromatic carbocycles. The maximum atomic E-state index is 3.49. The third-order valence-corrected chi connectivity index (χ3v) is 3.69. The van der Waals surface area contributed by atoms with Gasteiger partial charge in [-0.25, -0.2) is 0 Å². The van der Waals surface area contributed by atoms with Crippen molar-refractivity contribution in [2.45, 2.75) is 26.4 Å². The zero-order valence-corrected chi connectivity index (χ0v) is 10.7. The molecule has 2 rings (SSSR count). The zero-order chi connectivity index (χ0) is 11.4. The van der Waals surface area contributed by atoms with Gasteiger partial charge >= 0.3 is 0 Å². The van der Waals surface area contributed by atoms with Gasteiger partial charge in [0.05, 0.1) is 0 Å². The molecule has 0 bridgehead atoms. The number of aromatic nitrogens is 1. The molecule has 0 atom stereocenters. The normalized spacial score (nSPS) is 10.9. The molecule has 86 valence electrons. The van der Waals surface area contributed by atoms with Crippen molar-refractivity contribution >= 4 is 11.3 Å². The van der Waals surface area contributed by atoms with E-state index in [4.69, 9.17) is 0 Å². The standard InChI is InChI=1S/C13H18N2S/c1-3-12-5-7-16-13(12)9-14-8-11-4-6-15(2)10-11/h4-7,10,14H,3,8-9H2,1-2H3. The summed E-state index contributed by atoms with van der Waals surface area (Å²) in [4.78, 5) is 1.47. The van der Waals surface area contributed by atoms with E-state index in [2.05, 4.69) is 53.8 Å². The Kier molecular flexibility index (Phi) is 3.80. The molecule has 1 N–H and O–H groups in total. The monoisotopic (exact) mass is 234 g/mol. The molecule has 0 radical (unpaired) electrons. The Labute approximate surface area is 101 Å². The van der Waals surface area contributed by atoms with E-state index in [1.807, 2.05) is 11.3 Å². The van der Waals surface area contributed by atoms with Crippen molar-refractivity contribution in [2.24, 2.45) is 7.05 Å². The van der Waals surface area contributed by atoms with Crippen molar-refractivity contribution in [1.29, 1.82) is 0 Å². The van der Waals surface area contributed by atoms with Gasteiger partial charge in [-0.2, -0.15) is 0 Å². The fourth-order valence-electron chi connectivity index (χ4n) is 1.82. The second kappa shape index (κ2) is 5.32. The molecule has 0 aliphatic rings. The minimum atomic E-state index is 0.946. The highest BCUT2D eigenvalue weighted by Crippen LogP contribution is 2.17. The highest BCUT2D eigenvalue weighted by atomic mass is 32.1. The molecule has 2 aromatic rings. The lowest BCUT2D eigenvalue weighted by Crippen LogP contribution is -2.12.